The van der Waals surface area contributed by atoms with Gasteiger partial charge in [0.1, 0.15) is 12.1 Å². The van der Waals surface area contributed by atoms with Gasteiger partial charge in [0.15, 0.2) is 0 Å². The predicted octanol–water partition coefficient (Wildman–Crippen LogP) is 2.76. The minimum absolute atomic E-state index is 0.0607. The van der Waals surface area contributed by atoms with E-state index >= 15 is 0 Å². The Balaban J connectivity index is 2.48. The molecule has 1 aromatic carbocycles. The van der Waals surface area contributed by atoms with E-state index < -0.39 is 5.60 Å². The lowest BCUT2D eigenvalue weighted by atomic mass is 10.1. The van der Waals surface area contributed by atoms with E-state index in [1.807, 2.05) is 52.0 Å². The lowest BCUT2D eigenvalue weighted by molar-refractivity contribution is -0.152. The molecular formula is C14H19NO2. The van der Waals surface area contributed by atoms with Gasteiger partial charge in [-0.3, -0.25) is 9.79 Å². The van der Waals surface area contributed by atoms with E-state index in [2.05, 4.69) is 4.99 Å². The highest BCUT2D eigenvalue weighted by Gasteiger charge is 2.15. The molecule has 1 rings (SSSR count). The highest BCUT2D eigenvalue weighted by atomic mass is 16.6. The molecule has 0 saturated heterocycles. The molecule has 0 saturated carbocycles. The fraction of sp³-hybridized carbons (Fsp3) is 0.429. The predicted molar refractivity (Wildman–Crippen MR) is 69.5 cm³/mol. The molecule has 0 spiro atoms. The van der Waals surface area contributed by atoms with Gasteiger partial charge in [0.05, 0.1) is 0 Å². The van der Waals surface area contributed by atoms with Crippen LogP contribution in [0.15, 0.2) is 29.3 Å². The molecule has 0 unspecified atom stereocenters. The summed E-state index contributed by atoms with van der Waals surface area (Å²) in [4.78, 5) is 15.4. The third-order valence-corrected chi connectivity index (χ3v) is 1.92. The number of nitrogens with zero attached hydrogens (tertiary/aromatic N) is 1. The number of aliphatic imine (C=N–C) groups is 1. The van der Waals surface area contributed by atoms with Crippen molar-refractivity contribution >= 4 is 12.2 Å². The van der Waals surface area contributed by atoms with Crippen LogP contribution in [0.5, 0.6) is 0 Å². The molecule has 0 aliphatic rings. The zero-order valence-corrected chi connectivity index (χ0v) is 10.9. The maximum atomic E-state index is 11.4. The summed E-state index contributed by atoms with van der Waals surface area (Å²) in [6.07, 6.45) is 1.69. The highest BCUT2D eigenvalue weighted by Crippen LogP contribution is 2.07. The minimum Gasteiger partial charge on any atom is -0.459 e. The van der Waals surface area contributed by atoms with Gasteiger partial charge in [-0.25, -0.2) is 0 Å². The highest BCUT2D eigenvalue weighted by molar-refractivity contribution is 5.82. The van der Waals surface area contributed by atoms with Gasteiger partial charge in [-0.1, -0.05) is 29.8 Å². The molecule has 1 aromatic rings. The Kier molecular flexibility index (Phi) is 4.44. The van der Waals surface area contributed by atoms with Crippen molar-refractivity contribution < 1.29 is 9.53 Å². The SMILES string of the molecule is Cc1cccc(C=NCC(=O)OC(C)(C)C)c1. The van der Waals surface area contributed by atoms with Gasteiger partial charge in [-0.15, -0.1) is 0 Å². The van der Waals surface area contributed by atoms with E-state index in [-0.39, 0.29) is 12.5 Å². The summed E-state index contributed by atoms with van der Waals surface area (Å²) >= 11 is 0. The summed E-state index contributed by atoms with van der Waals surface area (Å²) in [7, 11) is 0. The molecule has 0 radical (unpaired) electrons. The Morgan fingerprint density at radius 3 is 2.71 bits per heavy atom. The standard InChI is InChI=1S/C14H19NO2/c1-11-6-5-7-12(8-11)9-15-10-13(16)17-14(2,3)4/h5-9H,10H2,1-4H3. The smallest absolute Gasteiger partial charge is 0.328 e. The molecule has 0 aliphatic heterocycles. The van der Waals surface area contributed by atoms with Gasteiger partial charge in [0.25, 0.3) is 0 Å². The Morgan fingerprint density at radius 2 is 2.12 bits per heavy atom. The third kappa shape index (κ3) is 5.85. The topological polar surface area (TPSA) is 38.7 Å². The Hall–Kier alpha value is -1.64. The molecule has 0 amide bonds. The molecular weight excluding hydrogens is 214 g/mol. The first-order valence-electron chi connectivity index (χ1n) is 5.65. The van der Waals surface area contributed by atoms with Crippen molar-refractivity contribution in [1.29, 1.82) is 0 Å². The maximum Gasteiger partial charge on any atom is 0.328 e. The van der Waals surface area contributed by atoms with Crippen molar-refractivity contribution in [3.8, 4) is 0 Å². The lowest BCUT2D eigenvalue weighted by Crippen LogP contribution is -2.25. The Labute approximate surface area is 103 Å². The van der Waals surface area contributed by atoms with E-state index in [4.69, 9.17) is 4.74 Å². The monoisotopic (exact) mass is 233 g/mol. The molecule has 0 bridgehead atoms. The van der Waals surface area contributed by atoms with Gasteiger partial charge in [-0.05, 0) is 33.3 Å². The molecule has 3 heteroatoms. The van der Waals surface area contributed by atoms with E-state index in [0.29, 0.717) is 0 Å². The summed E-state index contributed by atoms with van der Waals surface area (Å²) < 4.78 is 5.15. The van der Waals surface area contributed by atoms with Gasteiger partial charge in [0, 0.05) is 6.21 Å². The van der Waals surface area contributed by atoms with Crippen LogP contribution in [-0.2, 0) is 9.53 Å². The van der Waals surface area contributed by atoms with Crippen molar-refractivity contribution in [2.45, 2.75) is 33.3 Å². The maximum absolute atomic E-state index is 11.4. The molecule has 92 valence electrons. The van der Waals surface area contributed by atoms with Crippen LogP contribution in [0.1, 0.15) is 31.9 Å². The third-order valence-electron chi connectivity index (χ3n) is 1.92. The van der Waals surface area contributed by atoms with Crippen molar-refractivity contribution in [2.24, 2.45) is 4.99 Å². The average molecular weight is 233 g/mol. The Bertz CT molecular complexity index is 416. The molecule has 17 heavy (non-hydrogen) atoms. The molecule has 0 heterocycles. The fourth-order valence-corrected chi connectivity index (χ4v) is 1.35. The number of aryl methyl sites for hydroxylation is 1. The number of rotatable bonds is 3. The molecule has 3 nitrogen and oxygen atoms in total. The van der Waals surface area contributed by atoms with Crippen LogP contribution in [0.4, 0.5) is 0 Å². The number of ether oxygens (including phenoxy) is 1. The number of benzene rings is 1. The van der Waals surface area contributed by atoms with E-state index in [9.17, 15) is 4.79 Å². The van der Waals surface area contributed by atoms with Gasteiger partial charge in [-0.2, -0.15) is 0 Å². The van der Waals surface area contributed by atoms with Crippen LogP contribution in [-0.4, -0.2) is 24.3 Å². The molecule has 0 aliphatic carbocycles. The summed E-state index contributed by atoms with van der Waals surface area (Å²) in [6.45, 7) is 7.61. The van der Waals surface area contributed by atoms with Crippen molar-refractivity contribution in [2.75, 3.05) is 6.54 Å². The van der Waals surface area contributed by atoms with Crippen molar-refractivity contribution in [1.82, 2.24) is 0 Å². The summed E-state index contributed by atoms with van der Waals surface area (Å²) in [5, 5.41) is 0. The molecule has 0 atom stereocenters. The largest absolute Gasteiger partial charge is 0.459 e. The summed E-state index contributed by atoms with van der Waals surface area (Å²) in [6, 6.07) is 7.94. The van der Waals surface area contributed by atoms with E-state index in [1.54, 1.807) is 6.21 Å². The van der Waals surface area contributed by atoms with E-state index in [0.717, 1.165) is 5.56 Å². The second-order valence-electron chi connectivity index (χ2n) is 4.97. The zero-order chi connectivity index (χ0) is 12.9. The number of carbonyl (C=O) groups is 1. The van der Waals surface area contributed by atoms with E-state index in [1.165, 1.54) is 5.56 Å². The first kappa shape index (κ1) is 13.4. The molecule has 0 aromatic heterocycles. The zero-order valence-electron chi connectivity index (χ0n) is 10.9. The lowest BCUT2D eigenvalue weighted by Gasteiger charge is -2.18. The normalized spacial score (nSPS) is 11.8. The van der Waals surface area contributed by atoms with Crippen LogP contribution in [0.3, 0.4) is 0 Å². The van der Waals surface area contributed by atoms with Crippen LogP contribution >= 0.6 is 0 Å². The average Bonchev–Trinajstić information content (AvgIpc) is 2.14. The van der Waals surface area contributed by atoms with Gasteiger partial charge in [0.2, 0.25) is 0 Å². The minimum atomic E-state index is -0.448. The van der Waals surface area contributed by atoms with Crippen molar-refractivity contribution in [3.05, 3.63) is 35.4 Å². The van der Waals surface area contributed by atoms with Crippen LogP contribution < -0.4 is 0 Å². The van der Waals surface area contributed by atoms with Gasteiger partial charge >= 0.3 is 5.97 Å². The van der Waals surface area contributed by atoms with Crippen molar-refractivity contribution in [3.63, 3.8) is 0 Å². The first-order chi connectivity index (χ1) is 7.87. The second-order valence-corrected chi connectivity index (χ2v) is 4.97. The quantitative estimate of drug-likeness (QED) is 0.594. The van der Waals surface area contributed by atoms with Crippen LogP contribution in [0, 0.1) is 6.92 Å². The molecule has 0 N–H and O–H groups in total. The number of carbonyl (C=O) groups excluding carboxylic acids is 1. The number of hydrogen-bond acceptors (Lipinski definition) is 3. The Morgan fingerprint density at radius 1 is 1.41 bits per heavy atom. The number of esters is 1. The fourth-order valence-electron chi connectivity index (χ4n) is 1.35. The first-order valence-corrected chi connectivity index (χ1v) is 5.65. The summed E-state index contributed by atoms with van der Waals surface area (Å²) in [5.74, 6) is -0.304. The second kappa shape index (κ2) is 5.62. The number of hydrogen-bond donors (Lipinski definition) is 0. The summed E-state index contributed by atoms with van der Waals surface area (Å²) in [5.41, 5.74) is 1.72. The van der Waals surface area contributed by atoms with Gasteiger partial charge < -0.3 is 4.74 Å². The van der Waals surface area contributed by atoms with Crippen LogP contribution in [0.2, 0.25) is 0 Å². The van der Waals surface area contributed by atoms with Crippen LogP contribution in [0.25, 0.3) is 0 Å². The molecule has 0 fully saturated rings.